The summed E-state index contributed by atoms with van der Waals surface area (Å²) >= 11 is 0. The minimum absolute atomic E-state index is 0.581. The Morgan fingerprint density at radius 3 is 2.43 bits per heavy atom. The Hall–Kier alpha value is -0.520. The van der Waals surface area contributed by atoms with Crippen LogP contribution in [0, 0.1) is 29.1 Å². The predicted molar refractivity (Wildman–Crippen MR) is 59.9 cm³/mol. The Bertz CT molecular complexity index is 343. The molecular weight excluding hydrogens is 168 g/mol. The van der Waals surface area contributed by atoms with Crippen molar-refractivity contribution in [1.29, 1.82) is 0 Å². The largest absolute Gasteiger partial charge is 0.0696 e. The van der Waals surface area contributed by atoms with E-state index in [1.165, 1.54) is 6.42 Å². The van der Waals surface area contributed by atoms with Gasteiger partial charge in [0.2, 0.25) is 0 Å². The van der Waals surface area contributed by atoms with E-state index < -0.39 is 0 Å². The summed E-state index contributed by atoms with van der Waals surface area (Å²) in [6.07, 6.45) is 6.23. The van der Waals surface area contributed by atoms with Gasteiger partial charge in [0, 0.05) is 0 Å². The van der Waals surface area contributed by atoms with E-state index >= 15 is 0 Å². The molecule has 4 unspecified atom stereocenters. The maximum atomic E-state index is 2.43. The Kier molecular flexibility index (Phi) is 1.47. The lowest BCUT2D eigenvalue weighted by Gasteiger charge is -2.12. The second-order valence-corrected chi connectivity index (χ2v) is 6.11. The number of rotatable bonds is 1. The summed E-state index contributed by atoms with van der Waals surface area (Å²) in [4.78, 5) is 0. The lowest BCUT2D eigenvalue weighted by atomic mass is 9.93. The molecule has 4 atom stereocenters. The second kappa shape index (κ2) is 2.35. The third kappa shape index (κ3) is 0.947. The normalized spacial score (nSPS) is 47.7. The molecule has 2 fully saturated rings. The summed E-state index contributed by atoms with van der Waals surface area (Å²) in [5.74, 6) is 3.66. The number of allylic oxidation sites excluding steroid dienone is 4. The average molecular weight is 188 g/mol. The summed E-state index contributed by atoms with van der Waals surface area (Å²) in [7, 11) is 0. The van der Waals surface area contributed by atoms with Gasteiger partial charge in [0.1, 0.15) is 0 Å². The van der Waals surface area contributed by atoms with Crippen molar-refractivity contribution in [1.82, 2.24) is 0 Å². The molecule has 0 spiro atoms. The summed E-state index contributed by atoms with van der Waals surface area (Å²) < 4.78 is 0. The third-order valence-electron chi connectivity index (χ3n) is 5.07. The standard InChI is InChI=1S/C14H20/c1-8-5-6-10(12-7-11(8)12)13-9(2)14(13,3)4/h5-6,9,11-13H,7H2,1-4H3. The zero-order chi connectivity index (χ0) is 10.1. The highest BCUT2D eigenvalue weighted by atomic mass is 14.6. The third-order valence-corrected chi connectivity index (χ3v) is 5.07. The summed E-state index contributed by atoms with van der Waals surface area (Å²) in [5, 5.41) is 0. The molecule has 0 nitrogen and oxygen atoms in total. The number of hydrogen-bond acceptors (Lipinski definition) is 0. The molecule has 2 saturated carbocycles. The molecule has 0 aliphatic heterocycles. The molecule has 3 rings (SSSR count). The summed E-state index contributed by atoms with van der Waals surface area (Å²) in [5.41, 5.74) is 3.97. The lowest BCUT2D eigenvalue weighted by molar-refractivity contribution is 0.556. The van der Waals surface area contributed by atoms with Crippen molar-refractivity contribution in [3.05, 3.63) is 23.3 Å². The van der Waals surface area contributed by atoms with Crippen LogP contribution >= 0.6 is 0 Å². The first-order valence-corrected chi connectivity index (χ1v) is 5.91. The first-order valence-electron chi connectivity index (χ1n) is 5.91. The minimum atomic E-state index is 0.581. The molecule has 0 saturated heterocycles. The van der Waals surface area contributed by atoms with Crippen molar-refractivity contribution in [3.8, 4) is 0 Å². The van der Waals surface area contributed by atoms with Gasteiger partial charge in [0.25, 0.3) is 0 Å². The van der Waals surface area contributed by atoms with E-state index in [0.29, 0.717) is 5.41 Å². The van der Waals surface area contributed by atoms with Crippen molar-refractivity contribution in [2.24, 2.45) is 29.1 Å². The van der Waals surface area contributed by atoms with Gasteiger partial charge in [-0.05, 0) is 42.4 Å². The second-order valence-electron chi connectivity index (χ2n) is 6.11. The van der Waals surface area contributed by atoms with E-state index in [2.05, 4.69) is 39.8 Å². The van der Waals surface area contributed by atoms with Crippen molar-refractivity contribution in [2.75, 3.05) is 0 Å². The Labute approximate surface area is 87.1 Å². The van der Waals surface area contributed by atoms with Gasteiger partial charge < -0.3 is 0 Å². The van der Waals surface area contributed by atoms with Crippen molar-refractivity contribution in [3.63, 3.8) is 0 Å². The van der Waals surface area contributed by atoms with Gasteiger partial charge in [-0.3, -0.25) is 0 Å². The van der Waals surface area contributed by atoms with Gasteiger partial charge in [-0.1, -0.05) is 44.1 Å². The average Bonchev–Trinajstić information content (AvgIpc) is 2.96. The van der Waals surface area contributed by atoms with Crippen LogP contribution < -0.4 is 0 Å². The topological polar surface area (TPSA) is 0 Å². The van der Waals surface area contributed by atoms with Crippen LogP contribution in [0.1, 0.15) is 34.1 Å². The maximum Gasteiger partial charge on any atom is -0.0112 e. The number of hydrogen-bond donors (Lipinski definition) is 0. The highest BCUT2D eigenvalue weighted by Gasteiger charge is 2.60. The fourth-order valence-electron chi connectivity index (χ4n) is 3.49. The molecule has 0 bridgehead atoms. The van der Waals surface area contributed by atoms with Crippen LogP contribution in [0.2, 0.25) is 0 Å². The first-order chi connectivity index (χ1) is 6.53. The van der Waals surface area contributed by atoms with Gasteiger partial charge in [-0.2, -0.15) is 0 Å². The van der Waals surface area contributed by atoms with Crippen LogP contribution in [0.15, 0.2) is 23.3 Å². The fraction of sp³-hybridized carbons (Fsp3) is 0.714. The van der Waals surface area contributed by atoms with E-state index in [9.17, 15) is 0 Å². The fourth-order valence-corrected chi connectivity index (χ4v) is 3.49. The van der Waals surface area contributed by atoms with Crippen LogP contribution in [-0.2, 0) is 0 Å². The zero-order valence-corrected chi connectivity index (χ0v) is 9.67. The van der Waals surface area contributed by atoms with Gasteiger partial charge in [0.05, 0.1) is 0 Å². The highest BCUT2D eigenvalue weighted by Crippen LogP contribution is 2.67. The van der Waals surface area contributed by atoms with Gasteiger partial charge in [-0.25, -0.2) is 0 Å². The molecule has 14 heavy (non-hydrogen) atoms. The van der Waals surface area contributed by atoms with E-state index in [-0.39, 0.29) is 0 Å². The zero-order valence-electron chi connectivity index (χ0n) is 9.67. The Balaban J connectivity index is 1.89. The van der Waals surface area contributed by atoms with E-state index in [1.807, 2.05) is 0 Å². The minimum Gasteiger partial charge on any atom is -0.0696 e. The Morgan fingerprint density at radius 1 is 1.21 bits per heavy atom. The van der Waals surface area contributed by atoms with E-state index in [4.69, 9.17) is 0 Å². The summed E-state index contributed by atoms with van der Waals surface area (Å²) in [6.45, 7) is 9.55. The molecule has 3 aliphatic rings. The van der Waals surface area contributed by atoms with Crippen LogP contribution in [0.4, 0.5) is 0 Å². The van der Waals surface area contributed by atoms with Gasteiger partial charge in [-0.15, -0.1) is 0 Å². The van der Waals surface area contributed by atoms with Crippen LogP contribution in [0.3, 0.4) is 0 Å². The molecule has 3 aliphatic carbocycles. The molecule has 0 radical (unpaired) electrons. The molecule has 0 aromatic carbocycles. The van der Waals surface area contributed by atoms with E-state index in [0.717, 1.165) is 23.7 Å². The Morgan fingerprint density at radius 2 is 1.86 bits per heavy atom. The highest BCUT2D eigenvalue weighted by molar-refractivity contribution is 5.40. The molecule has 0 amide bonds. The smallest absolute Gasteiger partial charge is 0.0112 e. The number of fused-ring (bicyclic) bond motifs is 1. The molecule has 76 valence electrons. The first kappa shape index (κ1) is 8.76. The quantitative estimate of drug-likeness (QED) is 0.587. The summed E-state index contributed by atoms with van der Waals surface area (Å²) in [6, 6.07) is 0. The molecule has 0 aromatic heterocycles. The van der Waals surface area contributed by atoms with Gasteiger partial charge in [0.15, 0.2) is 0 Å². The molecule has 0 aromatic rings. The lowest BCUT2D eigenvalue weighted by Crippen LogP contribution is -2.01. The molecule has 0 heterocycles. The van der Waals surface area contributed by atoms with Crippen LogP contribution in [0.25, 0.3) is 0 Å². The van der Waals surface area contributed by atoms with Crippen LogP contribution in [-0.4, -0.2) is 0 Å². The van der Waals surface area contributed by atoms with Crippen molar-refractivity contribution < 1.29 is 0 Å². The van der Waals surface area contributed by atoms with Crippen molar-refractivity contribution >= 4 is 0 Å². The van der Waals surface area contributed by atoms with Crippen LogP contribution in [0.5, 0.6) is 0 Å². The predicted octanol–water partition coefficient (Wildman–Crippen LogP) is 3.80. The van der Waals surface area contributed by atoms with Crippen molar-refractivity contribution in [2.45, 2.75) is 34.1 Å². The SMILES string of the molecule is CC1=CC=C(C2C(C)C2(C)C)C2CC12. The van der Waals surface area contributed by atoms with E-state index in [1.54, 1.807) is 11.1 Å². The monoisotopic (exact) mass is 188 g/mol. The maximum absolute atomic E-state index is 2.43. The molecule has 0 N–H and O–H groups in total. The van der Waals surface area contributed by atoms with Gasteiger partial charge >= 0.3 is 0 Å². The molecule has 0 heteroatoms. The molecular formula is C14H20.